The summed E-state index contributed by atoms with van der Waals surface area (Å²) < 4.78 is 0. The maximum Gasteiger partial charge on any atom is 0.0436 e. The number of halogens is 1. The molecule has 0 aromatic heterocycles. The molecule has 1 aromatic rings. The molecule has 3 heteroatoms. The van der Waals surface area contributed by atoms with Crippen molar-refractivity contribution < 1.29 is 5.11 Å². The predicted octanol–water partition coefficient (Wildman–Crippen LogP) is 3.08. The Bertz CT molecular complexity index is 363. The Kier molecular flexibility index (Phi) is 4.43. The quantitative estimate of drug-likeness (QED) is 0.732. The first-order valence-electron chi connectivity index (χ1n) is 6.39. The highest BCUT2D eigenvalue weighted by atomic mass is 35.5. The monoisotopic (exact) mass is 253 g/mol. The Labute approximate surface area is 108 Å². The Morgan fingerprint density at radius 3 is 2.71 bits per heavy atom. The third kappa shape index (κ3) is 3.44. The normalized spacial score (nSPS) is 17.1. The molecule has 1 aliphatic rings. The number of nitrogens with one attached hydrogen (secondary N) is 1. The predicted molar refractivity (Wildman–Crippen MR) is 71.3 cm³/mol. The summed E-state index contributed by atoms with van der Waals surface area (Å²) in [5, 5.41) is 13.2. The van der Waals surface area contributed by atoms with Crippen LogP contribution in [-0.4, -0.2) is 18.3 Å². The minimum absolute atomic E-state index is 0.185. The lowest BCUT2D eigenvalue weighted by Crippen LogP contribution is -2.29. The lowest BCUT2D eigenvalue weighted by atomic mass is 10.0. The largest absolute Gasteiger partial charge is 0.396 e. The van der Waals surface area contributed by atoms with E-state index in [0.29, 0.717) is 6.61 Å². The van der Waals surface area contributed by atoms with E-state index in [1.165, 1.54) is 18.4 Å². The average Bonchev–Trinajstić information content (AvgIpc) is 3.10. The van der Waals surface area contributed by atoms with Crippen molar-refractivity contribution in [1.29, 1.82) is 0 Å². The van der Waals surface area contributed by atoms with Gasteiger partial charge in [0.15, 0.2) is 0 Å². The zero-order valence-corrected chi connectivity index (χ0v) is 10.8. The second-order valence-electron chi connectivity index (χ2n) is 4.80. The van der Waals surface area contributed by atoms with Gasteiger partial charge in [0, 0.05) is 17.2 Å². The van der Waals surface area contributed by atoms with Gasteiger partial charge in [-0.05, 0) is 56.3 Å². The zero-order valence-electron chi connectivity index (χ0n) is 10.1. The van der Waals surface area contributed by atoms with Gasteiger partial charge >= 0.3 is 0 Å². The molecule has 0 bridgehead atoms. The minimum Gasteiger partial charge on any atom is -0.396 e. The van der Waals surface area contributed by atoms with Crippen LogP contribution in [0.15, 0.2) is 24.3 Å². The summed E-state index contributed by atoms with van der Waals surface area (Å²) in [6.45, 7) is 1.33. The van der Waals surface area contributed by atoms with E-state index in [1.807, 2.05) is 12.1 Å². The highest BCUT2D eigenvalue weighted by Gasteiger charge is 2.43. The van der Waals surface area contributed by atoms with Gasteiger partial charge in [-0.3, -0.25) is 0 Å². The fraction of sp³-hybridized carbons (Fsp3) is 0.571. The molecular formula is C14H20ClNO. The van der Waals surface area contributed by atoms with Crippen LogP contribution < -0.4 is 5.32 Å². The van der Waals surface area contributed by atoms with Crippen LogP contribution in [0.5, 0.6) is 0 Å². The highest BCUT2D eigenvalue weighted by Crippen LogP contribution is 2.45. The van der Waals surface area contributed by atoms with Crippen molar-refractivity contribution in [2.75, 3.05) is 13.2 Å². The van der Waals surface area contributed by atoms with E-state index in [4.69, 9.17) is 16.7 Å². The summed E-state index contributed by atoms with van der Waals surface area (Å²) in [6, 6.07) is 8.16. The summed E-state index contributed by atoms with van der Waals surface area (Å²) in [5.41, 5.74) is 1.50. The number of aliphatic hydroxyl groups excluding tert-OH is 1. The van der Waals surface area contributed by atoms with Crippen molar-refractivity contribution >= 4 is 11.6 Å². The molecule has 17 heavy (non-hydrogen) atoms. The van der Waals surface area contributed by atoms with Crippen LogP contribution in [0.2, 0.25) is 5.02 Å². The van der Waals surface area contributed by atoms with Gasteiger partial charge in [0.2, 0.25) is 0 Å². The molecule has 0 radical (unpaired) electrons. The van der Waals surface area contributed by atoms with Crippen LogP contribution >= 0.6 is 11.6 Å². The second-order valence-corrected chi connectivity index (χ2v) is 5.24. The topological polar surface area (TPSA) is 32.3 Å². The number of aliphatic hydroxyl groups is 1. The van der Waals surface area contributed by atoms with Crippen LogP contribution in [0.3, 0.4) is 0 Å². The molecule has 0 saturated heterocycles. The zero-order chi connectivity index (χ0) is 12.1. The fourth-order valence-corrected chi connectivity index (χ4v) is 2.41. The van der Waals surface area contributed by atoms with E-state index < -0.39 is 0 Å². The van der Waals surface area contributed by atoms with Crippen LogP contribution in [-0.2, 0) is 5.54 Å². The molecular weight excluding hydrogens is 234 g/mol. The van der Waals surface area contributed by atoms with Gasteiger partial charge in [-0.15, -0.1) is 0 Å². The van der Waals surface area contributed by atoms with Crippen molar-refractivity contribution in [2.24, 2.45) is 0 Å². The lowest BCUT2D eigenvalue weighted by Gasteiger charge is -2.18. The van der Waals surface area contributed by atoms with Crippen molar-refractivity contribution in [3.63, 3.8) is 0 Å². The lowest BCUT2D eigenvalue weighted by molar-refractivity contribution is 0.282. The summed E-state index contributed by atoms with van der Waals surface area (Å²) >= 11 is 6.03. The molecule has 0 amide bonds. The summed E-state index contributed by atoms with van der Waals surface area (Å²) in [7, 11) is 0. The second kappa shape index (κ2) is 5.85. The smallest absolute Gasteiger partial charge is 0.0436 e. The van der Waals surface area contributed by atoms with Crippen molar-refractivity contribution in [2.45, 2.75) is 37.6 Å². The third-order valence-corrected chi connectivity index (χ3v) is 3.66. The molecule has 0 spiro atoms. The summed E-state index contributed by atoms with van der Waals surface area (Å²) in [4.78, 5) is 0. The van der Waals surface area contributed by atoms with E-state index in [2.05, 4.69) is 17.4 Å². The highest BCUT2D eigenvalue weighted by molar-refractivity contribution is 6.30. The Balaban J connectivity index is 1.83. The van der Waals surface area contributed by atoms with Gasteiger partial charge in [-0.25, -0.2) is 0 Å². The maximum absolute atomic E-state index is 8.71. The van der Waals surface area contributed by atoms with Gasteiger partial charge in [0.05, 0.1) is 0 Å². The van der Waals surface area contributed by atoms with Crippen LogP contribution in [0.1, 0.15) is 37.7 Å². The molecule has 94 valence electrons. The first kappa shape index (κ1) is 12.9. The molecule has 1 aliphatic carbocycles. The Morgan fingerprint density at radius 1 is 1.24 bits per heavy atom. The molecule has 0 heterocycles. The van der Waals surface area contributed by atoms with E-state index in [1.54, 1.807) is 0 Å². The standard InChI is InChI=1S/C14H20ClNO/c15-13-6-4-5-12(11-13)14(7-8-14)16-9-2-1-3-10-17/h4-6,11,16-17H,1-3,7-10H2. The first-order chi connectivity index (χ1) is 8.27. The Hall–Kier alpha value is -0.570. The molecule has 0 unspecified atom stereocenters. The summed E-state index contributed by atoms with van der Waals surface area (Å²) in [6.07, 6.45) is 5.53. The molecule has 0 aliphatic heterocycles. The van der Waals surface area contributed by atoms with Crippen LogP contribution in [0.4, 0.5) is 0 Å². The van der Waals surface area contributed by atoms with Crippen LogP contribution in [0, 0.1) is 0 Å². The minimum atomic E-state index is 0.185. The number of benzene rings is 1. The SMILES string of the molecule is OCCCCCNC1(c2cccc(Cl)c2)CC1. The van der Waals surface area contributed by atoms with E-state index in [-0.39, 0.29) is 5.54 Å². The Morgan fingerprint density at radius 2 is 2.06 bits per heavy atom. The summed E-state index contributed by atoms with van der Waals surface area (Å²) in [5.74, 6) is 0. The molecule has 1 saturated carbocycles. The average molecular weight is 254 g/mol. The molecule has 0 atom stereocenters. The first-order valence-corrected chi connectivity index (χ1v) is 6.77. The number of hydrogen-bond acceptors (Lipinski definition) is 2. The van der Waals surface area contributed by atoms with E-state index in [9.17, 15) is 0 Å². The van der Waals surface area contributed by atoms with Gasteiger partial charge in [0.1, 0.15) is 0 Å². The van der Waals surface area contributed by atoms with E-state index in [0.717, 1.165) is 30.8 Å². The molecule has 2 rings (SSSR count). The van der Waals surface area contributed by atoms with Crippen molar-refractivity contribution in [1.82, 2.24) is 5.32 Å². The number of hydrogen-bond donors (Lipinski definition) is 2. The third-order valence-electron chi connectivity index (χ3n) is 3.43. The molecule has 2 nitrogen and oxygen atoms in total. The van der Waals surface area contributed by atoms with E-state index >= 15 is 0 Å². The number of unbranched alkanes of at least 4 members (excludes halogenated alkanes) is 2. The fourth-order valence-electron chi connectivity index (χ4n) is 2.22. The van der Waals surface area contributed by atoms with Gasteiger partial charge in [-0.1, -0.05) is 23.7 Å². The molecule has 2 N–H and O–H groups in total. The molecule has 1 fully saturated rings. The van der Waals surface area contributed by atoms with Crippen molar-refractivity contribution in [3.8, 4) is 0 Å². The molecule has 1 aromatic carbocycles. The maximum atomic E-state index is 8.71. The van der Waals surface area contributed by atoms with Gasteiger partial charge in [0.25, 0.3) is 0 Å². The number of rotatable bonds is 7. The van der Waals surface area contributed by atoms with Crippen molar-refractivity contribution in [3.05, 3.63) is 34.9 Å². The van der Waals surface area contributed by atoms with Crippen LogP contribution in [0.25, 0.3) is 0 Å². The van der Waals surface area contributed by atoms with Gasteiger partial charge < -0.3 is 10.4 Å². The van der Waals surface area contributed by atoms with Gasteiger partial charge in [-0.2, -0.15) is 0 Å².